The van der Waals surface area contributed by atoms with Crippen molar-refractivity contribution in [3.63, 3.8) is 0 Å². The zero-order chi connectivity index (χ0) is 16.4. The van der Waals surface area contributed by atoms with Gasteiger partial charge in [0.1, 0.15) is 0 Å². The molecule has 0 atom stereocenters. The first-order valence-electron chi connectivity index (χ1n) is 7.28. The molecule has 0 amide bonds. The van der Waals surface area contributed by atoms with Crippen LogP contribution in [0.25, 0.3) is 11.4 Å². The number of nitrogens with zero attached hydrogens (tertiary/aromatic N) is 2. The second kappa shape index (κ2) is 8.84. The van der Waals surface area contributed by atoms with Gasteiger partial charge in [-0.25, -0.2) is 0 Å². The summed E-state index contributed by atoms with van der Waals surface area (Å²) in [7, 11) is -1.38. The molecule has 0 fully saturated rings. The average Bonchev–Trinajstić information content (AvgIpc) is 2.44. The summed E-state index contributed by atoms with van der Waals surface area (Å²) in [5.41, 5.74) is 2.72. The summed E-state index contributed by atoms with van der Waals surface area (Å²) < 4.78 is 0. The largest absolute Gasteiger partial charge is 0.253 e. The zero-order valence-electron chi connectivity index (χ0n) is 13.4. The second-order valence-corrected chi connectivity index (χ2v) is 11.6. The van der Waals surface area contributed by atoms with Crippen molar-refractivity contribution in [1.29, 1.82) is 0 Å². The van der Waals surface area contributed by atoms with Gasteiger partial charge in [-0.1, -0.05) is 62.5 Å². The smallest absolute Gasteiger partial charge is 0.0891 e. The number of hydrogen-bond acceptors (Lipinski definition) is 2. The Morgan fingerprint density at radius 3 is 2.00 bits per heavy atom. The fourth-order valence-corrected chi connectivity index (χ4v) is 7.67. The fourth-order valence-electron chi connectivity index (χ4n) is 2.94. The zero-order valence-corrected chi connectivity index (χ0v) is 17.7. The molecule has 129 valence electrons. The van der Waals surface area contributed by atoms with E-state index in [1.165, 1.54) is 0 Å². The van der Waals surface area contributed by atoms with Gasteiger partial charge in [0.2, 0.25) is 0 Å². The summed E-state index contributed by atoms with van der Waals surface area (Å²) >= 11 is 18.7. The van der Waals surface area contributed by atoms with E-state index in [1.54, 1.807) is 12.4 Å². The monoisotopic (exact) mass is 435 g/mol. The summed E-state index contributed by atoms with van der Waals surface area (Å²) in [6.07, 6.45) is 3.23. The summed E-state index contributed by atoms with van der Waals surface area (Å²) in [6, 6.07) is 3.70. The van der Waals surface area contributed by atoms with Crippen LogP contribution in [0.1, 0.15) is 27.7 Å². The molecule has 0 spiro atoms. The normalized spacial score (nSPS) is 11.2. The van der Waals surface area contributed by atoms with Crippen LogP contribution in [0.2, 0.25) is 26.2 Å². The van der Waals surface area contributed by atoms with Crippen LogP contribution in [0, 0.1) is 0 Å². The van der Waals surface area contributed by atoms with Gasteiger partial charge in [0.15, 0.2) is 0 Å². The molecular formula is C16H19Cl3CuN2Si. The van der Waals surface area contributed by atoms with Crippen molar-refractivity contribution in [2.45, 2.75) is 38.8 Å². The number of rotatable bonds is 4. The molecule has 2 aromatic rings. The molecule has 0 bridgehead atoms. The minimum atomic E-state index is -1.38. The van der Waals surface area contributed by atoms with E-state index in [2.05, 4.69) is 37.7 Å². The molecule has 0 aliphatic heterocycles. The first-order valence-corrected chi connectivity index (χ1v) is 10.3. The third-order valence-electron chi connectivity index (χ3n) is 3.75. The number of pyridine rings is 2. The molecule has 1 radical (unpaired) electrons. The third kappa shape index (κ3) is 4.72. The maximum absolute atomic E-state index is 6.57. The Morgan fingerprint density at radius 2 is 1.52 bits per heavy atom. The molecule has 2 heterocycles. The predicted octanol–water partition coefficient (Wildman–Crippen LogP) is 5.36. The average molecular weight is 437 g/mol. The van der Waals surface area contributed by atoms with Gasteiger partial charge in [0, 0.05) is 29.5 Å². The first kappa shape index (κ1) is 21.0. The van der Waals surface area contributed by atoms with Crippen molar-refractivity contribution < 1.29 is 17.1 Å². The predicted molar refractivity (Wildman–Crippen MR) is 99.5 cm³/mol. The van der Waals surface area contributed by atoms with Gasteiger partial charge < -0.3 is 0 Å². The van der Waals surface area contributed by atoms with Crippen LogP contribution < -0.4 is 5.19 Å². The van der Waals surface area contributed by atoms with Crippen LogP contribution in [0.3, 0.4) is 0 Å². The first-order chi connectivity index (χ1) is 10.3. The van der Waals surface area contributed by atoms with Crippen LogP contribution in [0.15, 0.2) is 24.5 Å². The Balaban J connectivity index is 0.00000264. The summed E-state index contributed by atoms with van der Waals surface area (Å²) in [5.74, 6) is 0. The van der Waals surface area contributed by atoms with Gasteiger partial charge in [-0.05, 0) is 28.4 Å². The fraction of sp³-hybridized carbons (Fsp3) is 0.375. The minimum absolute atomic E-state index is 0. The van der Waals surface area contributed by atoms with E-state index in [9.17, 15) is 0 Å². The van der Waals surface area contributed by atoms with E-state index in [4.69, 9.17) is 34.8 Å². The van der Waals surface area contributed by atoms with Gasteiger partial charge in [0.05, 0.1) is 35.3 Å². The Bertz CT molecular complexity index is 655. The van der Waals surface area contributed by atoms with E-state index >= 15 is 0 Å². The van der Waals surface area contributed by atoms with Crippen molar-refractivity contribution in [1.82, 2.24) is 9.97 Å². The van der Waals surface area contributed by atoms with E-state index in [1.807, 2.05) is 12.1 Å². The second-order valence-electron chi connectivity index (χ2n) is 6.06. The molecule has 0 aromatic carbocycles. The minimum Gasteiger partial charge on any atom is -0.253 e. The van der Waals surface area contributed by atoms with Gasteiger partial charge in [0.25, 0.3) is 0 Å². The number of halogens is 3. The van der Waals surface area contributed by atoms with Crippen molar-refractivity contribution in [3.05, 3.63) is 39.6 Å². The molecule has 2 rings (SSSR count). The Labute approximate surface area is 165 Å². The maximum atomic E-state index is 6.57. The summed E-state index contributed by atoms with van der Waals surface area (Å²) in [4.78, 5) is 8.94. The molecule has 0 aliphatic carbocycles. The molecule has 2 aromatic heterocycles. The van der Waals surface area contributed by atoms with Crippen molar-refractivity contribution in [2.24, 2.45) is 0 Å². The van der Waals surface area contributed by atoms with E-state index in [0.717, 1.165) is 16.6 Å². The molecule has 0 aliphatic rings. The van der Waals surface area contributed by atoms with E-state index in [0.29, 0.717) is 26.2 Å². The van der Waals surface area contributed by atoms with Crippen LogP contribution in [0.5, 0.6) is 0 Å². The van der Waals surface area contributed by atoms with Crippen molar-refractivity contribution in [3.8, 4) is 11.4 Å². The molecule has 7 heteroatoms. The van der Waals surface area contributed by atoms with Gasteiger partial charge >= 0.3 is 0 Å². The summed E-state index contributed by atoms with van der Waals surface area (Å²) in [5, 5.41) is 2.84. The van der Waals surface area contributed by atoms with Gasteiger partial charge in [-0.2, -0.15) is 0 Å². The van der Waals surface area contributed by atoms with Crippen LogP contribution in [0.4, 0.5) is 0 Å². The van der Waals surface area contributed by atoms with Crippen molar-refractivity contribution in [2.75, 3.05) is 0 Å². The molecule has 0 N–H and O–H groups in total. The standard InChI is InChI=1S/C16H19Cl3N2Si.Cu/c1-9(2)22(10(3)4)16-14(19)12(18)8-21-15(16)13-6-5-11(17)7-20-13;/h5-10,22H,1-4H3;. The third-order valence-corrected chi connectivity index (χ3v) is 9.05. The van der Waals surface area contributed by atoms with Crippen LogP contribution in [-0.4, -0.2) is 18.8 Å². The Hall–Kier alpha value is -0.0936. The van der Waals surface area contributed by atoms with Gasteiger partial charge in [-0.3, -0.25) is 9.97 Å². The van der Waals surface area contributed by atoms with E-state index < -0.39 is 8.80 Å². The molecule has 0 saturated heterocycles. The number of aromatic nitrogens is 2. The molecule has 2 nitrogen and oxygen atoms in total. The number of hydrogen-bond donors (Lipinski definition) is 0. The quantitative estimate of drug-likeness (QED) is 0.603. The van der Waals surface area contributed by atoms with Gasteiger partial charge in [-0.15, -0.1) is 0 Å². The van der Waals surface area contributed by atoms with E-state index in [-0.39, 0.29) is 17.1 Å². The van der Waals surface area contributed by atoms with Crippen LogP contribution in [-0.2, 0) is 17.1 Å². The summed E-state index contributed by atoms with van der Waals surface area (Å²) in [6.45, 7) is 8.97. The van der Waals surface area contributed by atoms with Crippen molar-refractivity contribution >= 4 is 48.8 Å². The SMILES string of the molecule is CC(C)[SiH](c1c(-c2ccc(Cl)cn2)ncc(Cl)c1Cl)C(C)C.[Cu]. The molecule has 0 unspecified atom stereocenters. The Kier molecular flexibility index (Phi) is 8.05. The molecular weight excluding hydrogens is 418 g/mol. The molecule has 0 saturated carbocycles. The maximum Gasteiger partial charge on any atom is 0.0891 e. The Morgan fingerprint density at radius 1 is 0.913 bits per heavy atom. The van der Waals surface area contributed by atoms with Crippen LogP contribution >= 0.6 is 34.8 Å². The topological polar surface area (TPSA) is 25.8 Å². The molecule has 23 heavy (non-hydrogen) atoms.